The van der Waals surface area contributed by atoms with Crippen molar-refractivity contribution in [2.75, 3.05) is 6.26 Å². The van der Waals surface area contributed by atoms with E-state index < -0.39 is 0 Å². The first-order valence-electron chi connectivity index (χ1n) is 13.8. The van der Waals surface area contributed by atoms with Gasteiger partial charge in [-0.05, 0) is 92.1 Å². The highest BCUT2D eigenvalue weighted by Gasteiger charge is 2.24. The van der Waals surface area contributed by atoms with Gasteiger partial charge in [0, 0.05) is 45.5 Å². The normalized spacial score (nSPS) is 11.3. The molecule has 220 valence electrons. The summed E-state index contributed by atoms with van der Waals surface area (Å²) in [6.45, 7) is 6.04. The molecule has 1 heterocycles. The maximum Gasteiger partial charge on any atom is 0.163 e. The number of phenolic OH excluding ortho intramolecular Hbond substituents is 4. The second kappa shape index (κ2) is 11.5. The number of fused-ring (bicyclic) bond motifs is 1. The summed E-state index contributed by atoms with van der Waals surface area (Å²) in [5.74, 6) is -1.49. The molecule has 0 saturated heterocycles. The molecule has 0 aliphatic heterocycles. The summed E-state index contributed by atoms with van der Waals surface area (Å²) in [7, 11) is 0. The number of benzene rings is 4. The number of thioether (sulfide) groups is 1. The molecule has 7 nitrogen and oxygen atoms in total. The van der Waals surface area contributed by atoms with Gasteiger partial charge in [0.15, 0.2) is 11.6 Å². The van der Waals surface area contributed by atoms with E-state index in [1.54, 1.807) is 25.6 Å². The van der Waals surface area contributed by atoms with Gasteiger partial charge in [0.2, 0.25) is 0 Å². The zero-order chi connectivity index (χ0) is 31.2. The fourth-order valence-corrected chi connectivity index (χ4v) is 5.99. The molecule has 0 unspecified atom stereocenters. The van der Waals surface area contributed by atoms with E-state index in [9.17, 15) is 30.0 Å². The van der Waals surface area contributed by atoms with Crippen LogP contribution in [0.5, 0.6) is 23.0 Å². The van der Waals surface area contributed by atoms with Crippen molar-refractivity contribution >= 4 is 34.2 Å². The van der Waals surface area contributed by atoms with E-state index in [-0.39, 0.29) is 69.7 Å². The number of aryl methyl sites for hydroxylation is 2. The minimum atomic E-state index is -0.331. The zero-order valence-electron chi connectivity index (χ0n) is 24.6. The van der Waals surface area contributed by atoms with Crippen LogP contribution in [0.25, 0.3) is 22.0 Å². The van der Waals surface area contributed by atoms with E-state index in [4.69, 9.17) is 0 Å². The van der Waals surface area contributed by atoms with Crippen molar-refractivity contribution in [3.05, 3.63) is 99.2 Å². The van der Waals surface area contributed by atoms with E-state index in [1.807, 2.05) is 24.5 Å². The molecule has 0 fully saturated rings. The lowest BCUT2D eigenvalue weighted by Crippen LogP contribution is -2.03. The Labute approximate surface area is 253 Å². The third-order valence-electron chi connectivity index (χ3n) is 8.01. The van der Waals surface area contributed by atoms with Crippen molar-refractivity contribution in [3.8, 4) is 34.1 Å². The predicted molar refractivity (Wildman–Crippen MR) is 170 cm³/mol. The molecule has 5 rings (SSSR count). The summed E-state index contributed by atoms with van der Waals surface area (Å²) < 4.78 is 0. The van der Waals surface area contributed by atoms with Crippen LogP contribution in [0.15, 0.2) is 59.5 Å². The Bertz CT molecular complexity index is 1920. The Morgan fingerprint density at radius 3 is 1.70 bits per heavy atom. The van der Waals surface area contributed by atoms with Gasteiger partial charge in [-0.1, -0.05) is 24.3 Å². The summed E-state index contributed by atoms with van der Waals surface area (Å²) in [4.78, 5) is 29.1. The first kappa shape index (κ1) is 29.8. The molecule has 1 aromatic heterocycles. The number of phenols is 4. The highest BCUT2D eigenvalue weighted by molar-refractivity contribution is 7.98. The number of carbonyl (C=O) groups is 2. The number of aromatic nitrogens is 1. The maximum absolute atomic E-state index is 12.3. The van der Waals surface area contributed by atoms with E-state index >= 15 is 0 Å². The first-order chi connectivity index (χ1) is 20.4. The van der Waals surface area contributed by atoms with Crippen LogP contribution in [0.1, 0.15) is 68.1 Å². The Balaban J connectivity index is 1.72. The number of hydrogen-bond acceptors (Lipinski definition) is 7. The van der Waals surface area contributed by atoms with Gasteiger partial charge in [-0.2, -0.15) is 0 Å². The number of aromatic amines is 1. The highest BCUT2D eigenvalue weighted by atomic mass is 32.2. The first-order valence-corrected chi connectivity index (χ1v) is 15.0. The topological polar surface area (TPSA) is 131 Å². The van der Waals surface area contributed by atoms with Gasteiger partial charge in [0.05, 0.1) is 11.1 Å². The van der Waals surface area contributed by atoms with Crippen LogP contribution in [0, 0.1) is 13.8 Å². The van der Waals surface area contributed by atoms with Crippen LogP contribution in [-0.4, -0.2) is 43.2 Å². The van der Waals surface area contributed by atoms with Crippen molar-refractivity contribution in [2.24, 2.45) is 0 Å². The average molecular weight is 596 g/mol. The van der Waals surface area contributed by atoms with Crippen molar-refractivity contribution in [2.45, 2.75) is 45.4 Å². The molecule has 0 amide bonds. The number of carbonyl (C=O) groups excluding carboxylic acids is 2. The maximum atomic E-state index is 12.3. The van der Waals surface area contributed by atoms with Gasteiger partial charge in [-0.15, -0.1) is 11.8 Å². The average Bonchev–Trinajstić information content (AvgIpc) is 3.32. The van der Waals surface area contributed by atoms with Crippen molar-refractivity contribution in [1.29, 1.82) is 0 Å². The minimum Gasteiger partial charge on any atom is -0.507 e. The molecule has 8 heteroatoms. The fourth-order valence-electron chi connectivity index (χ4n) is 5.58. The molecule has 0 radical (unpaired) electrons. The zero-order valence-corrected chi connectivity index (χ0v) is 25.4. The molecule has 5 aromatic rings. The quantitative estimate of drug-likeness (QED) is 0.0923. The molecule has 0 atom stereocenters. The molecule has 0 aliphatic rings. The van der Waals surface area contributed by atoms with Gasteiger partial charge in [-0.3, -0.25) is 9.59 Å². The molecule has 0 saturated carbocycles. The Morgan fingerprint density at radius 2 is 1.19 bits per heavy atom. The molecule has 43 heavy (non-hydrogen) atoms. The van der Waals surface area contributed by atoms with Gasteiger partial charge >= 0.3 is 0 Å². The SMILES string of the molecule is CSc1ccc(-c2ccc3c(Cc4c(O)c(C)cc(C(C)=O)c4O)c(Cc4c(O)c(C)cc(C(C)=O)c4O)[nH]c3c2)cc1. The second-order valence-corrected chi connectivity index (χ2v) is 11.8. The molecule has 0 aliphatic carbocycles. The van der Waals surface area contributed by atoms with Gasteiger partial charge in [0.1, 0.15) is 23.0 Å². The number of ketones is 2. The van der Waals surface area contributed by atoms with Gasteiger partial charge < -0.3 is 25.4 Å². The van der Waals surface area contributed by atoms with Crippen LogP contribution in [0.2, 0.25) is 0 Å². The molecule has 0 bridgehead atoms. The lowest BCUT2D eigenvalue weighted by Gasteiger charge is -2.15. The van der Waals surface area contributed by atoms with Gasteiger partial charge in [0.25, 0.3) is 0 Å². The largest absolute Gasteiger partial charge is 0.507 e. The Morgan fingerprint density at radius 1 is 0.674 bits per heavy atom. The Kier molecular flexibility index (Phi) is 7.99. The van der Waals surface area contributed by atoms with Crippen LogP contribution in [0.4, 0.5) is 0 Å². The molecular weight excluding hydrogens is 562 g/mol. The van der Waals surface area contributed by atoms with E-state index in [0.717, 1.165) is 26.9 Å². The lowest BCUT2D eigenvalue weighted by atomic mass is 9.92. The molecular formula is C35H33NO6S. The van der Waals surface area contributed by atoms with Crippen molar-refractivity contribution in [1.82, 2.24) is 4.98 Å². The van der Waals surface area contributed by atoms with Crippen molar-refractivity contribution < 1.29 is 30.0 Å². The summed E-state index contributed by atoms with van der Waals surface area (Å²) in [5.41, 5.74) is 5.60. The fraction of sp³-hybridized carbons (Fsp3) is 0.200. The van der Waals surface area contributed by atoms with E-state index in [0.29, 0.717) is 22.4 Å². The third-order valence-corrected chi connectivity index (χ3v) is 8.75. The van der Waals surface area contributed by atoms with Crippen molar-refractivity contribution in [3.63, 3.8) is 0 Å². The lowest BCUT2D eigenvalue weighted by molar-refractivity contribution is 0.100. The smallest absolute Gasteiger partial charge is 0.163 e. The Hall–Kier alpha value is -4.69. The monoisotopic (exact) mass is 595 g/mol. The highest BCUT2D eigenvalue weighted by Crippen LogP contribution is 2.41. The molecule has 5 N–H and O–H groups in total. The summed E-state index contributed by atoms with van der Waals surface area (Å²) in [6, 6.07) is 17.1. The van der Waals surface area contributed by atoms with Crippen LogP contribution in [-0.2, 0) is 12.8 Å². The van der Waals surface area contributed by atoms with E-state index in [2.05, 4.69) is 29.2 Å². The number of nitrogens with one attached hydrogen (secondary N) is 1. The summed E-state index contributed by atoms with van der Waals surface area (Å²) in [6.07, 6.45) is 2.12. The van der Waals surface area contributed by atoms with E-state index in [1.165, 1.54) is 26.0 Å². The molecule has 0 spiro atoms. The van der Waals surface area contributed by atoms with Crippen LogP contribution >= 0.6 is 11.8 Å². The number of Topliss-reactive ketones (excluding diaryl/α,β-unsaturated/α-hetero) is 2. The molecule has 4 aromatic carbocycles. The number of rotatable bonds is 8. The second-order valence-electron chi connectivity index (χ2n) is 10.9. The number of H-pyrrole nitrogens is 1. The van der Waals surface area contributed by atoms with Gasteiger partial charge in [-0.25, -0.2) is 0 Å². The minimum absolute atomic E-state index is 0.0360. The van der Waals surface area contributed by atoms with Crippen LogP contribution in [0.3, 0.4) is 0 Å². The summed E-state index contributed by atoms with van der Waals surface area (Å²) >= 11 is 1.66. The van der Waals surface area contributed by atoms with Crippen LogP contribution < -0.4 is 0 Å². The third kappa shape index (κ3) is 5.46. The standard InChI is InChI=1S/C35H33NO6S/c1-17-12-25(19(3)37)34(41)28(32(17)39)15-27-24-11-8-22(21-6-9-23(43-5)10-7-21)14-30(24)36-31(27)16-29-33(40)18(2)13-26(20(4)38)35(29)42/h6-14,36,39-42H,15-16H2,1-5H3. The number of aromatic hydroxyl groups is 4. The predicted octanol–water partition coefficient (Wildman–Crippen LogP) is 7.58. The number of hydrogen-bond donors (Lipinski definition) is 5. The summed E-state index contributed by atoms with van der Waals surface area (Å²) in [5, 5.41) is 44.8.